The van der Waals surface area contributed by atoms with Crippen LogP contribution >= 0.6 is 35.0 Å². The molecule has 3 rings (SSSR count). The van der Waals surface area contributed by atoms with Gasteiger partial charge in [0.15, 0.2) is 23.3 Å². The van der Waals surface area contributed by atoms with Crippen molar-refractivity contribution in [1.29, 1.82) is 0 Å². The van der Waals surface area contributed by atoms with E-state index in [0.29, 0.717) is 15.6 Å². The summed E-state index contributed by atoms with van der Waals surface area (Å²) in [6.45, 7) is 0. The monoisotopic (exact) mass is 502 g/mol. The maximum Gasteiger partial charge on any atom is 0.257 e. The molecule has 0 heterocycles. The first-order valence-electron chi connectivity index (χ1n) is 8.78. The first-order chi connectivity index (χ1) is 15.2. The minimum absolute atomic E-state index is 0.0519. The van der Waals surface area contributed by atoms with E-state index in [0.717, 1.165) is 11.8 Å². The summed E-state index contributed by atoms with van der Waals surface area (Å²) >= 11 is 12.8. The molecule has 0 saturated heterocycles. The number of hydrogen-bond donors (Lipinski definition) is 2. The summed E-state index contributed by atoms with van der Waals surface area (Å²) in [5.41, 5.74) is -0.499. The molecule has 0 fully saturated rings. The van der Waals surface area contributed by atoms with Crippen molar-refractivity contribution in [3.05, 3.63) is 87.4 Å². The standard InChI is InChI=1S/C21H12Cl2F4N2O2S/c22-10-1-6-13(14(23)7-10)21(31)28-11-2-4-12(5-3-11)32-9-17(30)29-20-18(26)15(24)8-16(25)19(20)27/h1-8H,9H2,(H,28,31)(H,29,30). The third-order valence-corrected chi connectivity index (χ3v) is 5.59. The zero-order valence-corrected chi connectivity index (χ0v) is 18.1. The highest BCUT2D eigenvalue weighted by molar-refractivity contribution is 8.00. The van der Waals surface area contributed by atoms with Gasteiger partial charge in [0.05, 0.1) is 16.3 Å². The molecular formula is C21H12Cl2F4N2O2S. The van der Waals surface area contributed by atoms with Crippen molar-refractivity contribution in [3.63, 3.8) is 0 Å². The Kier molecular flexibility index (Phi) is 7.65. The van der Waals surface area contributed by atoms with Gasteiger partial charge in [-0.05, 0) is 42.5 Å². The minimum atomic E-state index is -1.69. The van der Waals surface area contributed by atoms with Crippen LogP contribution < -0.4 is 10.6 Å². The molecule has 0 aromatic heterocycles. The van der Waals surface area contributed by atoms with Crippen LogP contribution in [-0.2, 0) is 4.79 Å². The van der Waals surface area contributed by atoms with Gasteiger partial charge in [-0.15, -0.1) is 11.8 Å². The number of amides is 2. The van der Waals surface area contributed by atoms with E-state index in [2.05, 4.69) is 5.32 Å². The fourth-order valence-corrected chi connectivity index (χ4v) is 3.71. The Hall–Kier alpha value is -2.75. The SMILES string of the molecule is O=C(CSc1ccc(NC(=O)c2ccc(Cl)cc2Cl)cc1)Nc1c(F)c(F)cc(F)c1F. The van der Waals surface area contributed by atoms with Crippen LogP contribution in [0.1, 0.15) is 10.4 Å². The summed E-state index contributed by atoms with van der Waals surface area (Å²) in [5, 5.41) is 5.07. The molecule has 0 aliphatic heterocycles. The molecule has 0 unspecified atom stereocenters. The highest BCUT2D eigenvalue weighted by atomic mass is 35.5. The van der Waals surface area contributed by atoms with Gasteiger partial charge in [-0.3, -0.25) is 9.59 Å². The minimum Gasteiger partial charge on any atom is -0.322 e. The molecule has 3 aromatic rings. The molecular weight excluding hydrogens is 491 g/mol. The molecule has 0 aliphatic carbocycles. The zero-order chi connectivity index (χ0) is 23.4. The Morgan fingerprint density at radius 3 is 2.06 bits per heavy atom. The molecule has 32 heavy (non-hydrogen) atoms. The van der Waals surface area contributed by atoms with Crippen LogP contribution in [0, 0.1) is 23.3 Å². The van der Waals surface area contributed by atoms with Crippen molar-refractivity contribution in [3.8, 4) is 0 Å². The van der Waals surface area contributed by atoms with Crippen LogP contribution in [0.15, 0.2) is 53.4 Å². The molecule has 0 saturated carbocycles. The molecule has 11 heteroatoms. The van der Waals surface area contributed by atoms with Crippen LogP contribution in [0.4, 0.5) is 28.9 Å². The average Bonchev–Trinajstić information content (AvgIpc) is 2.74. The topological polar surface area (TPSA) is 58.2 Å². The first kappa shape index (κ1) is 23.9. The number of thioether (sulfide) groups is 1. The fraction of sp³-hybridized carbons (Fsp3) is 0.0476. The van der Waals surface area contributed by atoms with Gasteiger partial charge < -0.3 is 10.6 Å². The lowest BCUT2D eigenvalue weighted by molar-refractivity contribution is -0.113. The van der Waals surface area contributed by atoms with Gasteiger partial charge >= 0.3 is 0 Å². The summed E-state index contributed by atoms with van der Waals surface area (Å²) in [4.78, 5) is 24.9. The molecule has 0 radical (unpaired) electrons. The van der Waals surface area contributed by atoms with Crippen LogP contribution in [0.5, 0.6) is 0 Å². The summed E-state index contributed by atoms with van der Waals surface area (Å²) in [7, 11) is 0. The van der Waals surface area contributed by atoms with Crippen molar-refractivity contribution >= 4 is 58.2 Å². The predicted molar refractivity (Wildman–Crippen MR) is 116 cm³/mol. The maximum atomic E-state index is 13.6. The summed E-state index contributed by atoms with van der Waals surface area (Å²) in [5.74, 6) is -8.23. The molecule has 3 aromatic carbocycles. The van der Waals surface area contributed by atoms with Gasteiger partial charge in [0, 0.05) is 21.7 Å². The van der Waals surface area contributed by atoms with E-state index >= 15 is 0 Å². The van der Waals surface area contributed by atoms with Gasteiger partial charge in [-0.25, -0.2) is 17.6 Å². The Labute approximate surface area is 193 Å². The largest absolute Gasteiger partial charge is 0.322 e. The van der Waals surface area contributed by atoms with Gasteiger partial charge in [-0.2, -0.15) is 0 Å². The van der Waals surface area contributed by atoms with Crippen molar-refractivity contribution in [2.45, 2.75) is 4.90 Å². The highest BCUT2D eigenvalue weighted by Gasteiger charge is 2.21. The second kappa shape index (κ2) is 10.2. The number of hydrogen-bond acceptors (Lipinski definition) is 3. The molecule has 2 amide bonds. The number of rotatable bonds is 6. The highest BCUT2D eigenvalue weighted by Crippen LogP contribution is 2.26. The second-order valence-electron chi connectivity index (χ2n) is 6.28. The zero-order valence-electron chi connectivity index (χ0n) is 15.8. The van der Waals surface area contributed by atoms with Crippen molar-refractivity contribution in [1.82, 2.24) is 0 Å². The number of anilines is 2. The van der Waals surface area contributed by atoms with Gasteiger partial charge in [0.25, 0.3) is 5.91 Å². The fourth-order valence-electron chi connectivity index (χ4n) is 2.51. The van der Waals surface area contributed by atoms with E-state index in [1.165, 1.54) is 18.2 Å². The van der Waals surface area contributed by atoms with Gasteiger partial charge in [0.2, 0.25) is 5.91 Å². The van der Waals surface area contributed by atoms with Crippen molar-refractivity contribution < 1.29 is 27.2 Å². The Morgan fingerprint density at radius 2 is 1.47 bits per heavy atom. The van der Waals surface area contributed by atoms with E-state index in [1.54, 1.807) is 24.3 Å². The molecule has 166 valence electrons. The number of carbonyl (C=O) groups is 2. The second-order valence-corrected chi connectivity index (χ2v) is 8.18. The molecule has 0 aliphatic rings. The van der Waals surface area contributed by atoms with E-state index in [9.17, 15) is 27.2 Å². The van der Waals surface area contributed by atoms with Crippen LogP contribution in [0.2, 0.25) is 10.0 Å². The van der Waals surface area contributed by atoms with Crippen LogP contribution in [-0.4, -0.2) is 17.6 Å². The molecule has 0 spiro atoms. The first-order valence-corrected chi connectivity index (χ1v) is 10.5. The Morgan fingerprint density at radius 1 is 0.844 bits per heavy atom. The lowest BCUT2D eigenvalue weighted by atomic mass is 10.2. The third-order valence-electron chi connectivity index (χ3n) is 4.03. The van der Waals surface area contributed by atoms with Gasteiger partial charge in [0.1, 0.15) is 5.69 Å². The third kappa shape index (κ3) is 5.73. The lowest BCUT2D eigenvalue weighted by Gasteiger charge is -2.10. The van der Waals surface area contributed by atoms with E-state index in [1.807, 2.05) is 5.32 Å². The normalized spacial score (nSPS) is 10.7. The number of nitrogens with one attached hydrogen (secondary N) is 2. The average molecular weight is 503 g/mol. The molecule has 2 N–H and O–H groups in total. The van der Waals surface area contributed by atoms with E-state index in [-0.39, 0.29) is 22.4 Å². The summed E-state index contributed by atoms with van der Waals surface area (Å²) < 4.78 is 53.7. The smallest absolute Gasteiger partial charge is 0.257 e. The number of carbonyl (C=O) groups excluding carboxylic acids is 2. The summed E-state index contributed by atoms with van der Waals surface area (Å²) in [6.07, 6.45) is 0. The van der Waals surface area contributed by atoms with E-state index < -0.39 is 40.8 Å². The van der Waals surface area contributed by atoms with Gasteiger partial charge in [-0.1, -0.05) is 23.2 Å². The predicted octanol–water partition coefficient (Wildman–Crippen LogP) is 6.53. The lowest BCUT2D eigenvalue weighted by Crippen LogP contribution is -2.17. The van der Waals surface area contributed by atoms with Crippen LogP contribution in [0.25, 0.3) is 0 Å². The van der Waals surface area contributed by atoms with Crippen molar-refractivity contribution in [2.24, 2.45) is 0 Å². The molecule has 0 atom stereocenters. The number of benzene rings is 3. The molecule has 0 bridgehead atoms. The van der Waals surface area contributed by atoms with Crippen LogP contribution in [0.3, 0.4) is 0 Å². The summed E-state index contributed by atoms with van der Waals surface area (Å²) in [6, 6.07) is 10.9. The molecule has 4 nitrogen and oxygen atoms in total. The Bertz CT molecular complexity index is 1170. The maximum absolute atomic E-state index is 13.6. The quantitative estimate of drug-likeness (QED) is 0.229. The number of halogens is 6. The Balaban J connectivity index is 1.58. The van der Waals surface area contributed by atoms with E-state index in [4.69, 9.17) is 23.2 Å². The van der Waals surface area contributed by atoms with Crippen molar-refractivity contribution in [2.75, 3.05) is 16.4 Å².